The molecule has 0 aromatic rings. The fraction of sp³-hybridized carbons (Fsp3) is 0.250. The number of carbonyl (C=O) groups excluding carboxylic acids is 5. The molecule has 0 atom stereocenters. The first-order chi connectivity index (χ1) is 8.99. The molecule has 7 heteroatoms. The summed E-state index contributed by atoms with van der Waals surface area (Å²) in [6.45, 7) is -0.387. The van der Waals surface area contributed by atoms with Crippen LogP contribution in [0.15, 0.2) is 24.3 Å². The zero-order valence-electron chi connectivity index (χ0n) is 9.87. The van der Waals surface area contributed by atoms with Gasteiger partial charge in [0.1, 0.15) is 0 Å². The monoisotopic (exact) mass is 262 g/mol. The van der Waals surface area contributed by atoms with Gasteiger partial charge in [0.05, 0.1) is 6.54 Å². The number of imide groups is 2. The molecular weight excluding hydrogens is 252 g/mol. The second kappa shape index (κ2) is 4.97. The molecular formula is C12H10N2O5. The smallest absolute Gasteiger partial charge is 0.254 e. The molecule has 19 heavy (non-hydrogen) atoms. The number of Topliss-reactive ketones (excluding diaryl/α,β-unsaturated/α-hetero) is 1. The number of nitrogens with zero attached hydrogens (tertiary/aromatic N) is 2. The molecule has 4 amide bonds. The molecule has 0 spiro atoms. The second-order valence-corrected chi connectivity index (χ2v) is 4.05. The lowest BCUT2D eigenvalue weighted by Gasteiger charge is -2.15. The largest absolute Gasteiger partial charge is 0.298 e. The Labute approximate surface area is 108 Å². The highest BCUT2D eigenvalue weighted by Crippen LogP contribution is 2.07. The van der Waals surface area contributed by atoms with Gasteiger partial charge in [0.15, 0.2) is 5.78 Å². The van der Waals surface area contributed by atoms with Crippen molar-refractivity contribution in [1.82, 2.24) is 9.80 Å². The molecule has 0 aromatic heterocycles. The van der Waals surface area contributed by atoms with Crippen molar-refractivity contribution in [1.29, 1.82) is 0 Å². The molecule has 2 aliphatic heterocycles. The predicted molar refractivity (Wildman–Crippen MR) is 61.3 cm³/mol. The van der Waals surface area contributed by atoms with Crippen molar-refractivity contribution in [2.75, 3.05) is 13.1 Å². The van der Waals surface area contributed by atoms with Crippen LogP contribution in [-0.4, -0.2) is 52.3 Å². The number of hydrogen-bond acceptors (Lipinski definition) is 5. The summed E-state index contributed by atoms with van der Waals surface area (Å²) in [5, 5.41) is 0. The van der Waals surface area contributed by atoms with E-state index < -0.39 is 29.4 Å². The summed E-state index contributed by atoms with van der Waals surface area (Å²) >= 11 is 0. The van der Waals surface area contributed by atoms with Crippen LogP contribution in [0.25, 0.3) is 0 Å². The van der Waals surface area contributed by atoms with Gasteiger partial charge in [0, 0.05) is 37.3 Å². The summed E-state index contributed by atoms with van der Waals surface area (Å²) in [6.07, 6.45) is 4.35. The van der Waals surface area contributed by atoms with Crippen molar-refractivity contribution >= 4 is 29.4 Å². The van der Waals surface area contributed by atoms with E-state index in [1.54, 1.807) is 0 Å². The summed E-state index contributed by atoms with van der Waals surface area (Å²) in [5.74, 6) is -2.39. The van der Waals surface area contributed by atoms with E-state index in [-0.39, 0.29) is 19.5 Å². The molecule has 7 nitrogen and oxygen atoms in total. The fourth-order valence-electron chi connectivity index (χ4n) is 1.73. The third-order valence-corrected chi connectivity index (χ3v) is 2.75. The molecule has 0 unspecified atom stereocenters. The molecule has 2 aliphatic rings. The minimum atomic E-state index is -0.534. The van der Waals surface area contributed by atoms with Gasteiger partial charge in [-0.05, 0) is 0 Å². The van der Waals surface area contributed by atoms with Crippen LogP contribution >= 0.6 is 0 Å². The summed E-state index contributed by atoms with van der Waals surface area (Å²) in [4.78, 5) is 58.3. The molecule has 2 rings (SSSR count). The Morgan fingerprint density at radius 1 is 0.789 bits per heavy atom. The third kappa shape index (κ3) is 2.65. The molecule has 0 saturated carbocycles. The molecule has 0 aliphatic carbocycles. The normalized spacial score (nSPS) is 18.1. The quantitative estimate of drug-likeness (QED) is 0.580. The van der Waals surface area contributed by atoms with Crippen molar-refractivity contribution < 1.29 is 24.0 Å². The third-order valence-electron chi connectivity index (χ3n) is 2.75. The van der Waals surface area contributed by atoms with Gasteiger partial charge in [0.2, 0.25) is 0 Å². The van der Waals surface area contributed by atoms with E-state index in [4.69, 9.17) is 0 Å². The number of hydrogen-bond donors (Lipinski definition) is 0. The van der Waals surface area contributed by atoms with E-state index in [0.717, 1.165) is 34.1 Å². The molecule has 0 N–H and O–H groups in total. The highest BCUT2D eigenvalue weighted by Gasteiger charge is 2.27. The predicted octanol–water partition coefficient (Wildman–Crippen LogP) is -1.20. The zero-order chi connectivity index (χ0) is 14.0. The van der Waals surface area contributed by atoms with E-state index in [1.165, 1.54) is 0 Å². The summed E-state index contributed by atoms with van der Waals surface area (Å²) < 4.78 is 0. The van der Waals surface area contributed by atoms with Crippen LogP contribution in [-0.2, 0) is 24.0 Å². The van der Waals surface area contributed by atoms with Gasteiger partial charge in [-0.25, -0.2) is 0 Å². The van der Waals surface area contributed by atoms with Crippen LogP contribution in [0.5, 0.6) is 0 Å². The lowest BCUT2D eigenvalue weighted by Crippen LogP contribution is -2.37. The van der Waals surface area contributed by atoms with Crippen molar-refractivity contribution in [2.24, 2.45) is 0 Å². The molecule has 0 fully saturated rings. The average molecular weight is 262 g/mol. The van der Waals surface area contributed by atoms with Crippen LogP contribution in [0, 0.1) is 0 Å². The number of ketones is 1. The van der Waals surface area contributed by atoms with Crippen LogP contribution < -0.4 is 0 Å². The zero-order valence-corrected chi connectivity index (χ0v) is 9.87. The van der Waals surface area contributed by atoms with E-state index in [0.29, 0.717) is 0 Å². The van der Waals surface area contributed by atoms with Gasteiger partial charge in [-0.1, -0.05) is 0 Å². The Bertz CT molecular complexity index is 510. The van der Waals surface area contributed by atoms with Crippen molar-refractivity contribution in [3.63, 3.8) is 0 Å². The maximum atomic E-state index is 11.6. The molecule has 0 bridgehead atoms. The van der Waals surface area contributed by atoms with E-state index in [2.05, 4.69) is 0 Å². The van der Waals surface area contributed by atoms with Gasteiger partial charge >= 0.3 is 0 Å². The number of rotatable bonds is 5. The first-order valence-corrected chi connectivity index (χ1v) is 5.58. The first kappa shape index (κ1) is 12.9. The Morgan fingerprint density at radius 2 is 1.21 bits per heavy atom. The average Bonchev–Trinajstić information content (AvgIpc) is 2.84. The molecule has 2 heterocycles. The van der Waals surface area contributed by atoms with Crippen molar-refractivity contribution in [2.45, 2.75) is 6.42 Å². The summed E-state index contributed by atoms with van der Waals surface area (Å²) in [5.41, 5.74) is 0. The standard InChI is InChI=1S/C12H10N2O5/c15-8(7-14-11(18)3-4-12(14)19)5-6-13-9(16)1-2-10(13)17/h1-4H,5-7H2. The van der Waals surface area contributed by atoms with Crippen molar-refractivity contribution in [3.8, 4) is 0 Å². The molecule has 0 radical (unpaired) electrons. The van der Waals surface area contributed by atoms with E-state index in [9.17, 15) is 24.0 Å². The van der Waals surface area contributed by atoms with Crippen LogP contribution in [0.1, 0.15) is 6.42 Å². The van der Waals surface area contributed by atoms with Gasteiger partial charge in [0.25, 0.3) is 23.6 Å². The van der Waals surface area contributed by atoms with E-state index in [1.807, 2.05) is 0 Å². The first-order valence-electron chi connectivity index (χ1n) is 5.58. The maximum Gasteiger partial charge on any atom is 0.254 e. The van der Waals surface area contributed by atoms with Crippen LogP contribution in [0.4, 0.5) is 0 Å². The van der Waals surface area contributed by atoms with Gasteiger partial charge in [-0.15, -0.1) is 0 Å². The van der Waals surface area contributed by atoms with Crippen molar-refractivity contribution in [3.05, 3.63) is 24.3 Å². The maximum absolute atomic E-state index is 11.6. The molecule has 98 valence electrons. The second-order valence-electron chi connectivity index (χ2n) is 4.05. The summed E-state index contributed by atoms with van der Waals surface area (Å²) in [7, 11) is 0. The topological polar surface area (TPSA) is 91.8 Å². The van der Waals surface area contributed by atoms with Gasteiger partial charge < -0.3 is 0 Å². The molecule has 0 saturated heterocycles. The number of carbonyl (C=O) groups is 5. The molecule has 0 aromatic carbocycles. The minimum Gasteiger partial charge on any atom is -0.298 e. The lowest BCUT2D eigenvalue weighted by atomic mass is 10.2. The Hall–Kier alpha value is -2.57. The van der Waals surface area contributed by atoms with Gasteiger partial charge in [-0.2, -0.15) is 0 Å². The minimum absolute atomic E-state index is 0.0485. The Kier molecular flexibility index (Phi) is 3.37. The Morgan fingerprint density at radius 3 is 1.68 bits per heavy atom. The SMILES string of the molecule is O=C(CCN1C(=O)C=CC1=O)CN1C(=O)C=CC1=O. The highest BCUT2D eigenvalue weighted by atomic mass is 16.2. The number of amides is 4. The highest BCUT2D eigenvalue weighted by molar-refractivity contribution is 6.15. The van der Waals surface area contributed by atoms with E-state index >= 15 is 0 Å². The van der Waals surface area contributed by atoms with Gasteiger partial charge in [-0.3, -0.25) is 33.8 Å². The van der Waals surface area contributed by atoms with Crippen LogP contribution in [0.2, 0.25) is 0 Å². The fourth-order valence-corrected chi connectivity index (χ4v) is 1.73. The lowest BCUT2D eigenvalue weighted by molar-refractivity contribution is -0.142. The Balaban J connectivity index is 1.83. The van der Waals surface area contributed by atoms with Crippen LogP contribution in [0.3, 0.4) is 0 Å². The summed E-state index contributed by atoms with van der Waals surface area (Å²) in [6, 6.07) is 0.